The molecule has 0 fully saturated rings. The van der Waals surface area contributed by atoms with Crippen molar-refractivity contribution < 1.29 is 4.79 Å². The first-order valence-corrected chi connectivity index (χ1v) is 12.7. The lowest BCUT2D eigenvalue weighted by Gasteiger charge is -2.30. The van der Waals surface area contributed by atoms with E-state index >= 15 is 0 Å². The first-order valence-electron chi connectivity index (χ1n) is 11.8. The Balaban J connectivity index is 2.34. The quantitative estimate of drug-likeness (QED) is 0.291. The molecule has 0 aliphatic heterocycles. The Kier molecular flexibility index (Phi) is 11.0. The molecule has 9 heteroatoms. The van der Waals surface area contributed by atoms with Gasteiger partial charge < -0.3 is 10.6 Å². The number of amides is 1. The van der Waals surface area contributed by atoms with E-state index in [0.717, 1.165) is 30.0 Å². The molecule has 0 radical (unpaired) electrons. The lowest BCUT2D eigenvalue weighted by Crippen LogP contribution is -2.38. The molecule has 1 aromatic carbocycles. The van der Waals surface area contributed by atoms with Crippen LogP contribution in [-0.4, -0.2) is 40.5 Å². The van der Waals surface area contributed by atoms with E-state index in [-0.39, 0.29) is 17.7 Å². The van der Waals surface area contributed by atoms with E-state index in [2.05, 4.69) is 66.8 Å². The fourth-order valence-electron chi connectivity index (χ4n) is 3.70. The van der Waals surface area contributed by atoms with E-state index in [4.69, 9.17) is 5.26 Å². The first kappa shape index (κ1) is 28.4. The molecule has 0 aliphatic carbocycles. The van der Waals surface area contributed by atoms with Crippen molar-refractivity contribution >= 4 is 34.4 Å². The number of anilines is 1. The molecule has 8 nitrogen and oxygen atoms in total. The summed E-state index contributed by atoms with van der Waals surface area (Å²) in [7, 11) is 0. The third-order valence-electron chi connectivity index (χ3n) is 5.45. The van der Waals surface area contributed by atoms with Crippen LogP contribution in [0.25, 0.3) is 11.5 Å². The zero-order valence-electron chi connectivity index (χ0n) is 21.4. The molecule has 188 valence electrons. The Bertz CT molecular complexity index is 1400. The van der Waals surface area contributed by atoms with Gasteiger partial charge in [-0.1, -0.05) is 34.9 Å². The second kappa shape index (κ2) is 13.9. The van der Waals surface area contributed by atoms with Crippen molar-refractivity contribution in [3.05, 3.63) is 61.2 Å². The molecular weight excluding hydrogens is 472 g/mol. The number of thiazole rings is 1. The maximum Gasteiger partial charge on any atom is 0.277 e. The molecule has 2 rings (SSSR count). The monoisotopic (exact) mass is 504 g/mol. The van der Waals surface area contributed by atoms with Gasteiger partial charge in [-0.25, -0.2) is 0 Å². The van der Waals surface area contributed by atoms with Crippen LogP contribution in [0, 0.1) is 22.7 Å². The van der Waals surface area contributed by atoms with Crippen LogP contribution in [0.3, 0.4) is 0 Å². The number of benzene rings is 1. The van der Waals surface area contributed by atoms with Crippen LogP contribution >= 0.6 is 11.3 Å². The topological polar surface area (TPSA) is 114 Å². The molecule has 1 heterocycles. The van der Waals surface area contributed by atoms with Gasteiger partial charge in [0.1, 0.15) is 21.8 Å². The van der Waals surface area contributed by atoms with Crippen molar-refractivity contribution in [2.45, 2.75) is 59.7 Å². The van der Waals surface area contributed by atoms with Gasteiger partial charge in [0.15, 0.2) is 5.57 Å². The Morgan fingerprint density at radius 3 is 2.56 bits per heavy atom. The van der Waals surface area contributed by atoms with E-state index in [1.807, 2.05) is 12.1 Å². The highest BCUT2D eigenvalue weighted by atomic mass is 32.1. The van der Waals surface area contributed by atoms with Crippen LogP contribution < -0.4 is 25.4 Å². The number of carbonyl (C=O) groups excluding carboxylic acids is 1. The largest absolute Gasteiger partial charge is 0.355 e. The smallest absolute Gasteiger partial charge is 0.277 e. The van der Waals surface area contributed by atoms with Crippen LogP contribution in [0.15, 0.2) is 40.8 Å². The van der Waals surface area contributed by atoms with Crippen LogP contribution in [0.1, 0.15) is 40.2 Å². The Hall–Kier alpha value is -3.84. The lowest BCUT2D eigenvalue weighted by atomic mass is 10.1. The van der Waals surface area contributed by atoms with Gasteiger partial charge in [0.05, 0.1) is 6.07 Å². The summed E-state index contributed by atoms with van der Waals surface area (Å²) in [5, 5.41) is 23.4. The molecule has 0 saturated heterocycles. The number of aromatic nitrogens is 1. The van der Waals surface area contributed by atoms with Gasteiger partial charge >= 0.3 is 0 Å². The number of hydrogen-bond acceptors (Lipinski definition) is 7. The highest BCUT2D eigenvalue weighted by Gasteiger charge is 2.13. The number of nitriles is 2. The number of hydrogen-bond donors (Lipinski definition) is 2. The Morgan fingerprint density at radius 2 is 1.94 bits per heavy atom. The third kappa shape index (κ3) is 7.85. The zero-order valence-corrected chi connectivity index (χ0v) is 22.2. The van der Waals surface area contributed by atoms with Crippen molar-refractivity contribution in [3.8, 4) is 12.1 Å². The normalized spacial score (nSPS) is 10.4. The maximum atomic E-state index is 12.8. The summed E-state index contributed by atoms with van der Waals surface area (Å²) in [6.45, 7) is 11.7. The molecule has 2 N–H and O–H groups in total. The van der Waals surface area contributed by atoms with Crippen LogP contribution in [0.5, 0.6) is 0 Å². The summed E-state index contributed by atoms with van der Waals surface area (Å²) in [5.41, 5.74) is 7.21. The minimum atomic E-state index is -0.713. The third-order valence-corrected chi connectivity index (χ3v) is 6.47. The van der Waals surface area contributed by atoms with Gasteiger partial charge in [-0.15, -0.1) is 0 Å². The van der Waals surface area contributed by atoms with Gasteiger partial charge in [-0.2, -0.15) is 10.5 Å². The first-order chi connectivity index (χ1) is 17.2. The predicted molar refractivity (Wildman–Crippen MR) is 143 cm³/mol. The fourth-order valence-corrected chi connectivity index (χ4v) is 4.69. The number of nitrogens with zero attached hydrogens (tertiary/aromatic N) is 4. The number of carbonyl (C=O) groups is 1. The Morgan fingerprint density at radius 1 is 1.22 bits per heavy atom. The summed E-state index contributed by atoms with van der Waals surface area (Å²) in [4.78, 5) is 27.3. The zero-order chi connectivity index (χ0) is 26.7. The fraction of sp³-hybridized carbons (Fsp3) is 0.407. The average Bonchev–Trinajstić information content (AvgIpc) is 3.14. The maximum absolute atomic E-state index is 12.8. The van der Waals surface area contributed by atoms with Crippen molar-refractivity contribution in [1.29, 1.82) is 10.5 Å². The van der Waals surface area contributed by atoms with Gasteiger partial charge in [0.2, 0.25) is 0 Å². The molecule has 36 heavy (non-hydrogen) atoms. The van der Waals surface area contributed by atoms with Gasteiger partial charge in [0, 0.05) is 37.1 Å². The molecule has 1 amide bonds. The molecule has 1 aromatic heterocycles. The minimum absolute atomic E-state index is 0.223. The van der Waals surface area contributed by atoms with Gasteiger partial charge in [0.25, 0.3) is 11.5 Å². The van der Waals surface area contributed by atoms with E-state index in [1.165, 1.54) is 10.1 Å². The van der Waals surface area contributed by atoms with Crippen LogP contribution in [0.2, 0.25) is 0 Å². The summed E-state index contributed by atoms with van der Waals surface area (Å²) < 4.78 is 2.08. The van der Waals surface area contributed by atoms with E-state index in [9.17, 15) is 14.9 Å². The van der Waals surface area contributed by atoms with Crippen molar-refractivity contribution in [3.63, 3.8) is 0 Å². The summed E-state index contributed by atoms with van der Waals surface area (Å²) >= 11 is 1.09. The van der Waals surface area contributed by atoms with E-state index in [1.54, 1.807) is 25.3 Å². The summed E-state index contributed by atoms with van der Waals surface area (Å²) in [6.07, 6.45) is 2.51. The highest BCUT2D eigenvalue weighted by molar-refractivity contribution is 7.07. The van der Waals surface area contributed by atoms with E-state index < -0.39 is 5.91 Å². The molecule has 0 saturated carbocycles. The average molecular weight is 505 g/mol. The van der Waals surface area contributed by atoms with Crippen LogP contribution in [-0.2, 0) is 17.8 Å². The van der Waals surface area contributed by atoms with Crippen molar-refractivity contribution in [2.24, 2.45) is 0 Å². The second-order valence-corrected chi connectivity index (χ2v) is 9.55. The number of rotatable bonds is 10. The van der Waals surface area contributed by atoms with Gasteiger partial charge in [-0.05, 0) is 58.7 Å². The lowest BCUT2D eigenvalue weighted by molar-refractivity contribution is -0.116. The second-order valence-electron chi connectivity index (χ2n) is 8.55. The summed E-state index contributed by atoms with van der Waals surface area (Å²) in [6, 6.07) is 12.6. The molecule has 2 aromatic rings. The standard InChI is InChI=1S/C27H32N6O2S/c1-6-32-25(17-22(18-29)26(34)31-14-12-28)36-24(27(32)35)10-13-30-23-9-7-8-21(16-23)11-15-33(19(2)3)20(4)5/h7-9,13,16,19-20,30H,6,11,14-15H2,1-5H3,(H,31,34). The molecule has 0 atom stereocenters. The summed E-state index contributed by atoms with van der Waals surface area (Å²) in [5.74, 6) is -0.713. The highest BCUT2D eigenvalue weighted by Crippen LogP contribution is 2.13. The molecule has 0 unspecified atom stereocenters. The van der Waals surface area contributed by atoms with Crippen molar-refractivity contribution in [2.75, 3.05) is 18.4 Å². The molecule has 0 bridgehead atoms. The molecular formula is C27H32N6O2S. The predicted octanol–water partition coefficient (Wildman–Crippen LogP) is 2.07. The number of nitrogens with one attached hydrogen (secondary N) is 2. The van der Waals surface area contributed by atoms with E-state index in [0.29, 0.717) is 27.8 Å². The molecule has 0 aliphatic rings. The minimum Gasteiger partial charge on any atom is -0.355 e. The Labute approximate surface area is 215 Å². The molecule has 0 spiro atoms. The van der Waals surface area contributed by atoms with Gasteiger partial charge in [-0.3, -0.25) is 19.1 Å². The van der Waals surface area contributed by atoms with Crippen molar-refractivity contribution in [1.82, 2.24) is 14.8 Å². The van der Waals surface area contributed by atoms with Crippen LogP contribution in [0.4, 0.5) is 5.69 Å². The SMILES string of the molecule is CCn1c(=C=C(C#N)C(=O)NCC#N)sc(=C=CNc2cccc(CCN(C(C)C)C(C)C)c2)c1=O.